The minimum Gasteiger partial charge on any atom is -0.461 e. The maximum absolute atomic E-state index is 14.2. The molecule has 7 atom stereocenters. The number of thioether (sulfide) groups is 1. The molecule has 4 unspecified atom stereocenters. The van der Waals surface area contributed by atoms with Crippen molar-refractivity contribution in [1.82, 2.24) is 9.80 Å². The Bertz CT molecular complexity index is 789. The van der Waals surface area contributed by atoms with Gasteiger partial charge in [0.2, 0.25) is 11.8 Å². The fourth-order valence-corrected chi connectivity index (χ4v) is 8.55. The van der Waals surface area contributed by atoms with E-state index in [9.17, 15) is 19.5 Å². The number of aliphatic hydroxyl groups is 1. The summed E-state index contributed by atoms with van der Waals surface area (Å²) >= 11 is 1.64. The summed E-state index contributed by atoms with van der Waals surface area (Å²) in [6, 6.07) is -0.652. The third-order valence-corrected chi connectivity index (χ3v) is 9.58. The first-order valence-corrected chi connectivity index (χ1v) is 13.0. The summed E-state index contributed by atoms with van der Waals surface area (Å²) in [6.45, 7) is 14.4. The molecule has 1 spiro atoms. The minimum atomic E-state index is -0.669. The number of aliphatic hydroxyl groups excluding tert-OH is 1. The second-order valence-electron chi connectivity index (χ2n) is 9.50. The van der Waals surface area contributed by atoms with Crippen LogP contribution in [0, 0.1) is 17.8 Å². The molecule has 184 valence electrons. The lowest BCUT2D eigenvalue weighted by Gasteiger charge is -2.41. The maximum Gasteiger partial charge on any atom is 0.311 e. The van der Waals surface area contributed by atoms with Crippen molar-refractivity contribution in [3.05, 3.63) is 25.3 Å². The van der Waals surface area contributed by atoms with Crippen LogP contribution in [0.4, 0.5) is 0 Å². The second kappa shape index (κ2) is 10.6. The molecule has 0 radical (unpaired) electrons. The predicted octanol–water partition coefficient (Wildman–Crippen LogP) is 2.64. The van der Waals surface area contributed by atoms with E-state index in [1.807, 2.05) is 11.8 Å². The van der Waals surface area contributed by atoms with E-state index in [1.165, 1.54) is 6.08 Å². The van der Waals surface area contributed by atoms with Gasteiger partial charge in [0.1, 0.15) is 12.6 Å². The Kier molecular flexibility index (Phi) is 8.32. The molecule has 0 aromatic heterocycles. The highest BCUT2D eigenvalue weighted by molar-refractivity contribution is 8.02. The number of hydrogen-bond donors (Lipinski definition) is 1. The third kappa shape index (κ3) is 4.25. The quantitative estimate of drug-likeness (QED) is 0.343. The molecule has 3 rings (SSSR count). The van der Waals surface area contributed by atoms with Gasteiger partial charge in [-0.2, -0.15) is 0 Å². The van der Waals surface area contributed by atoms with Crippen LogP contribution in [0.25, 0.3) is 0 Å². The van der Waals surface area contributed by atoms with Gasteiger partial charge < -0.3 is 19.6 Å². The van der Waals surface area contributed by atoms with Gasteiger partial charge in [0.15, 0.2) is 0 Å². The molecule has 2 bridgehead atoms. The van der Waals surface area contributed by atoms with Gasteiger partial charge in [0.25, 0.3) is 0 Å². The average Bonchev–Trinajstić information content (AvgIpc) is 3.37. The van der Waals surface area contributed by atoms with Crippen LogP contribution in [0.15, 0.2) is 25.3 Å². The monoisotopic (exact) mass is 478 g/mol. The number of carbonyl (C=O) groups is 3. The number of hydrogen-bond acceptors (Lipinski definition) is 6. The molecule has 1 N–H and O–H groups in total. The lowest BCUT2D eigenvalue weighted by Crippen LogP contribution is -2.58. The molecule has 2 amide bonds. The van der Waals surface area contributed by atoms with Crippen molar-refractivity contribution in [3.63, 3.8) is 0 Å². The Hall–Kier alpha value is -1.80. The van der Waals surface area contributed by atoms with Gasteiger partial charge in [-0.05, 0) is 32.1 Å². The number of nitrogens with zero attached hydrogens (tertiary/aromatic N) is 2. The molecule has 0 aliphatic carbocycles. The van der Waals surface area contributed by atoms with Crippen molar-refractivity contribution < 1.29 is 24.2 Å². The summed E-state index contributed by atoms with van der Waals surface area (Å²) in [6.07, 6.45) is 6.21. The van der Waals surface area contributed by atoms with Crippen LogP contribution in [0.2, 0.25) is 0 Å². The lowest BCUT2D eigenvalue weighted by molar-refractivity contribution is -0.153. The number of amides is 2. The zero-order valence-corrected chi connectivity index (χ0v) is 20.9. The highest BCUT2D eigenvalue weighted by Gasteiger charge is 2.76. The lowest BCUT2D eigenvalue weighted by atomic mass is 9.66. The summed E-state index contributed by atoms with van der Waals surface area (Å²) in [5.41, 5.74) is 0. The third-order valence-electron chi connectivity index (χ3n) is 7.50. The maximum atomic E-state index is 14.2. The number of likely N-dealkylation sites (tertiary alicyclic amines) is 1. The fraction of sp³-hybridized carbons (Fsp3) is 0.720. The predicted molar refractivity (Wildman–Crippen MR) is 130 cm³/mol. The molecule has 3 fully saturated rings. The van der Waals surface area contributed by atoms with Gasteiger partial charge in [0.05, 0.1) is 16.6 Å². The number of ether oxygens (including phenoxy) is 1. The smallest absolute Gasteiger partial charge is 0.311 e. The Morgan fingerprint density at radius 1 is 1.39 bits per heavy atom. The summed E-state index contributed by atoms with van der Waals surface area (Å²) < 4.78 is 4.73. The highest BCUT2D eigenvalue weighted by Crippen LogP contribution is 2.68. The van der Waals surface area contributed by atoms with Crippen molar-refractivity contribution in [2.75, 3.05) is 26.3 Å². The number of esters is 1. The molecule has 3 saturated heterocycles. The molecular weight excluding hydrogens is 440 g/mol. The molecule has 0 aromatic carbocycles. The number of carbonyl (C=O) groups excluding carboxylic acids is 3. The van der Waals surface area contributed by atoms with Crippen LogP contribution in [0.5, 0.6) is 0 Å². The topological polar surface area (TPSA) is 87.1 Å². The van der Waals surface area contributed by atoms with Gasteiger partial charge in [-0.1, -0.05) is 39.0 Å². The first kappa shape index (κ1) is 25.8. The first-order valence-electron chi connectivity index (χ1n) is 12.1. The summed E-state index contributed by atoms with van der Waals surface area (Å²) in [4.78, 5) is 44.5. The van der Waals surface area contributed by atoms with E-state index in [1.54, 1.807) is 22.7 Å². The van der Waals surface area contributed by atoms with E-state index in [0.29, 0.717) is 19.5 Å². The normalized spacial score (nSPS) is 33.0. The molecule has 8 heteroatoms. The van der Waals surface area contributed by atoms with Crippen LogP contribution < -0.4 is 0 Å². The molecule has 3 heterocycles. The van der Waals surface area contributed by atoms with Crippen LogP contribution in [0.3, 0.4) is 0 Å². The number of fused-ring (bicyclic) bond motifs is 1. The summed E-state index contributed by atoms with van der Waals surface area (Å²) in [5, 5.41) is 9.44. The van der Waals surface area contributed by atoms with Crippen molar-refractivity contribution >= 4 is 29.5 Å². The van der Waals surface area contributed by atoms with Crippen molar-refractivity contribution in [2.45, 2.75) is 68.5 Å². The van der Waals surface area contributed by atoms with E-state index in [2.05, 4.69) is 27.0 Å². The van der Waals surface area contributed by atoms with Gasteiger partial charge in [-0.15, -0.1) is 18.3 Å². The van der Waals surface area contributed by atoms with Crippen molar-refractivity contribution in [1.29, 1.82) is 0 Å². The molecular formula is C25H38N2O5S. The van der Waals surface area contributed by atoms with E-state index >= 15 is 0 Å². The van der Waals surface area contributed by atoms with E-state index < -0.39 is 22.6 Å². The van der Waals surface area contributed by atoms with Gasteiger partial charge in [-0.3, -0.25) is 14.4 Å². The molecule has 0 saturated carbocycles. The van der Waals surface area contributed by atoms with Crippen LogP contribution >= 0.6 is 11.8 Å². The van der Waals surface area contributed by atoms with Crippen molar-refractivity contribution in [3.8, 4) is 0 Å². The highest BCUT2D eigenvalue weighted by atomic mass is 32.2. The zero-order valence-electron chi connectivity index (χ0n) is 20.1. The minimum absolute atomic E-state index is 0.0120. The van der Waals surface area contributed by atoms with Gasteiger partial charge in [-0.25, -0.2) is 0 Å². The van der Waals surface area contributed by atoms with Crippen LogP contribution in [-0.2, 0) is 19.1 Å². The van der Waals surface area contributed by atoms with Crippen LogP contribution in [-0.4, -0.2) is 81.1 Å². The SMILES string of the molecule is C=CCOC(=O)[C@@H]1[C@H]2C(=O)N(CCCO)C(C(=O)N(CC=C)C(C)CCC)C23S[C@@H]1CC3C. The Balaban J connectivity index is 2.04. The molecule has 33 heavy (non-hydrogen) atoms. The Labute approximate surface area is 201 Å². The molecule has 0 aromatic rings. The van der Waals surface area contributed by atoms with Gasteiger partial charge >= 0.3 is 5.97 Å². The zero-order chi connectivity index (χ0) is 24.3. The summed E-state index contributed by atoms with van der Waals surface area (Å²) in [7, 11) is 0. The van der Waals surface area contributed by atoms with Crippen LogP contribution in [0.1, 0.15) is 46.5 Å². The Morgan fingerprint density at radius 3 is 2.73 bits per heavy atom. The Morgan fingerprint density at radius 2 is 2.12 bits per heavy atom. The summed E-state index contributed by atoms with van der Waals surface area (Å²) in [5.74, 6) is -1.67. The average molecular weight is 479 g/mol. The first-order chi connectivity index (χ1) is 15.8. The standard InChI is InChI=1S/C25H38N2O5S/c1-6-10-17(5)26(11-7-2)23(30)21-25-16(4)15-18(33-25)19(24(31)32-14-8-3)20(25)22(29)27(21)12-9-13-28/h7-8,16-21,28H,2-3,6,9-15H2,1,4-5H3/t16?,17?,18-,19+,20+,21?,25?/m1/s1. The molecule has 3 aliphatic rings. The molecule has 7 nitrogen and oxygen atoms in total. The number of rotatable bonds is 12. The van der Waals surface area contributed by atoms with E-state index in [0.717, 1.165) is 19.3 Å². The second-order valence-corrected chi connectivity index (χ2v) is 11.0. The molecule has 3 aliphatic heterocycles. The largest absolute Gasteiger partial charge is 0.461 e. The van der Waals surface area contributed by atoms with E-state index in [4.69, 9.17) is 4.74 Å². The fourth-order valence-electron chi connectivity index (χ4n) is 6.14. The van der Waals surface area contributed by atoms with E-state index in [-0.39, 0.29) is 48.2 Å². The van der Waals surface area contributed by atoms with Crippen molar-refractivity contribution in [2.24, 2.45) is 17.8 Å². The van der Waals surface area contributed by atoms with Gasteiger partial charge in [0, 0.05) is 31.0 Å².